The van der Waals surface area contributed by atoms with Crippen molar-refractivity contribution in [3.05, 3.63) is 88.8 Å². The molecule has 0 aliphatic carbocycles. The van der Waals surface area contributed by atoms with Crippen molar-refractivity contribution < 1.29 is 74.2 Å². The fraction of sp³-hybridized carbons (Fsp3) is 0.320. The van der Waals surface area contributed by atoms with Gasteiger partial charge in [0.2, 0.25) is 0 Å². The summed E-state index contributed by atoms with van der Waals surface area (Å²) >= 11 is 0. The molecular formula is C25H30Cl2N6NiO8+. The second kappa shape index (κ2) is 23.7. The predicted octanol–water partition coefficient (Wildman–Crippen LogP) is -4.46. The van der Waals surface area contributed by atoms with Gasteiger partial charge < -0.3 is 0 Å². The van der Waals surface area contributed by atoms with E-state index in [0.717, 1.165) is 53.8 Å². The molecule has 0 amide bonds. The van der Waals surface area contributed by atoms with Crippen LogP contribution in [0.5, 0.6) is 0 Å². The van der Waals surface area contributed by atoms with Crippen LogP contribution < -0.4 is 37.3 Å². The van der Waals surface area contributed by atoms with Crippen molar-refractivity contribution in [2.45, 2.75) is 54.3 Å². The van der Waals surface area contributed by atoms with Crippen molar-refractivity contribution in [1.82, 2.24) is 19.9 Å². The Morgan fingerprint density at radius 1 is 0.571 bits per heavy atom. The molecule has 231 valence electrons. The smallest absolute Gasteiger partial charge is 0.286 e. The number of nitrogens with zero attached hydrogens (tertiary/aromatic N) is 6. The second-order valence-corrected chi connectivity index (χ2v) is 9.17. The summed E-state index contributed by atoms with van der Waals surface area (Å²) in [7, 11) is -9.89. The van der Waals surface area contributed by atoms with Crippen molar-refractivity contribution >= 4 is 0 Å². The van der Waals surface area contributed by atoms with E-state index in [1.54, 1.807) is 12.1 Å². The monoisotopic (exact) mass is 670 g/mol. The summed E-state index contributed by atoms with van der Waals surface area (Å²) in [5.74, 6) is 0. The second-order valence-electron chi connectivity index (χ2n) is 7.66. The van der Waals surface area contributed by atoms with Gasteiger partial charge in [0.15, 0.2) is 0 Å². The quantitative estimate of drug-likeness (QED) is 0.224. The van der Waals surface area contributed by atoms with E-state index in [-0.39, 0.29) is 16.5 Å². The average Bonchev–Trinajstić information content (AvgIpc) is 2.78. The molecule has 1 radical (unpaired) electrons. The molecule has 0 spiro atoms. The largest absolute Gasteiger partial charge is 3.00 e. The third-order valence-corrected chi connectivity index (χ3v) is 3.99. The van der Waals surface area contributed by atoms with Crippen LogP contribution in [-0.2, 0) is 36.1 Å². The van der Waals surface area contributed by atoms with Crippen LogP contribution in [0, 0.1) is 63.9 Å². The van der Waals surface area contributed by atoms with Crippen molar-refractivity contribution in [3.8, 4) is 12.1 Å². The Kier molecular flexibility index (Phi) is 24.6. The van der Waals surface area contributed by atoms with Crippen LogP contribution in [0.3, 0.4) is 0 Å². The number of pyridine rings is 3. The van der Waals surface area contributed by atoms with E-state index in [1.165, 1.54) is 13.8 Å². The van der Waals surface area contributed by atoms with Crippen LogP contribution in [0.25, 0.3) is 0 Å². The summed E-state index contributed by atoms with van der Waals surface area (Å²) in [6.45, 7) is 11.3. The molecule has 0 saturated heterocycles. The summed E-state index contributed by atoms with van der Waals surface area (Å²) in [6, 6.07) is 22.0. The molecule has 0 N–H and O–H groups in total. The maximum atomic E-state index is 8.49. The molecule has 3 rings (SSSR count). The van der Waals surface area contributed by atoms with Crippen LogP contribution in [-0.4, -0.2) is 19.9 Å². The zero-order valence-corrected chi connectivity index (χ0v) is 25.8. The molecule has 0 bridgehead atoms. The van der Waals surface area contributed by atoms with E-state index >= 15 is 0 Å². The fourth-order valence-corrected chi connectivity index (χ4v) is 2.92. The molecule has 3 heterocycles. The van der Waals surface area contributed by atoms with Crippen molar-refractivity contribution in [2.75, 3.05) is 0 Å². The number of halogens is 2. The van der Waals surface area contributed by atoms with Crippen LogP contribution in [0.1, 0.15) is 48.0 Å². The van der Waals surface area contributed by atoms with Gasteiger partial charge in [-0.2, -0.15) is 10.5 Å². The van der Waals surface area contributed by atoms with Gasteiger partial charge in [-0.1, -0.05) is 18.2 Å². The molecule has 0 unspecified atom stereocenters. The van der Waals surface area contributed by atoms with Crippen molar-refractivity contribution in [1.29, 1.82) is 10.5 Å². The summed E-state index contributed by atoms with van der Waals surface area (Å²) in [5, 5.41) is 14.6. The Bertz CT molecular complexity index is 1090. The fourth-order valence-electron chi connectivity index (χ4n) is 2.92. The number of rotatable bonds is 6. The minimum absolute atomic E-state index is 0. The predicted molar refractivity (Wildman–Crippen MR) is 122 cm³/mol. The molecule has 3 aromatic heterocycles. The van der Waals surface area contributed by atoms with Crippen LogP contribution in [0.2, 0.25) is 0 Å². The average molecular weight is 672 g/mol. The van der Waals surface area contributed by atoms with E-state index in [4.69, 9.17) is 47.8 Å². The topological polar surface area (TPSA) is 274 Å². The summed E-state index contributed by atoms with van der Waals surface area (Å²) < 4.78 is 67.9. The van der Waals surface area contributed by atoms with Gasteiger partial charge in [0.1, 0.15) is 0 Å². The number of aryl methyl sites for hydroxylation is 3. The van der Waals surface area contributed by atoms with Gasteiger partial charge in [-0.15, -0.1) is 20.5 Å². The van der Waals surface area contributed by atoms with Gasteiger partial charge in [0, 0.05) is 50.6 Å². The number of aromatic nitrogens is 3. The van der Waals surface area contributed by atoms with E-state index in [2.05, 4.69) is 56.3 Å². The first-order chi connectivity index (χ1) is 18.9. The van der Waals surface area contributed by atoms with Gasteiger partial charge in [-0.25, -0.2) is 37.3 Å². The first-order valence-corrected chi connectivity index (χ1v) is 13.7. The number of hydrogen-bond acceptors (Lipinski definition) is 14. The SMILES string of the molecule is CC#N.CC#N.Cc1cccc(CN(Cc2cccc(C)n2)Cc2cccc(C)n2)n1.[Ni+3].[O-][Cl+3]([O-])([O-])[O-].[O-][Cl+3]([O-])([O-])[O-]. The minimum atomic E-state index is -4.94. The molecule has 17 heteroatoms. The number of nitriles is 2. The maximum absolute atomic E-state index is 8.49. The van der Waals surface area contributed by atoms with Crippen LogP contribution in [0.4, 0.5) is 0 Å². The third-order valence-electron chi connectivity index (χ3n) is 3.99. The molecule has 3 aromatic rings. The summed E-state index contributed by atoms with van der Waals surface area (Å²) in [6.07, 6.45) is 0. The summed E-state index contributed by atoms with van der Waals surface area (Å²) in [5.41, 5.74) is 6.33. The van der Waals surface area contributed by atoms with Crippen molar-refractivity contribution in [3.63, 3.8) is 0 Å². The normalized spacial score (nSPS) is 9.81. The minimum Gasteiger partial charge on any atom is -0.286 e. The molecule has 0 aliphatic heterocycles. The Balaban J connectivity index is -0.000000744. The Morgan fingerprint density at radius 3 is 0.929 bits per heavy atom. The molecule has 0 fully saturated rings. The van der Waals surface area contributed by atoms with E-state index in [1.807, 2.05) is 39.0 Å². The molecular weight excluding hydrogens is 642 g/mol. The van der Waals surface area contributed by atoms with Crippen LogP contribution in [0.15, 0.2) is 54.6 Å². The standard InChI is InChI=1S/C21H24N4.2C2H3N.2ClHO4.Ni/c1-16-7-4-10-19(22-16)13-25(14-20-11-5-8-17(2)23-20)15-21-12-6-9-18(3)24-21;2*1-2-3;2*2-1(3,4)5;/h4-12H,13-15H2,1-3H3;2*1H3;2*(H,2,3,4,5);/q;;;;;+3/p-2. The van der Waals surface area contributed by atoms with Gasteiger partial charge in [-0.05, 0) is 57.2 Å². The van der Waals surface area contributed by atoms with Crippen molar-refractivity contribution in [2.24, 2.45) is 0 Å². The van der Waals surface area contributed by atoms with Gasteiger partial charge >= 0.3 is 16.5 Å². The Hall–Kier alpha value is -2.86. The Labute approximate surface area is 259 Å². The number of hydrogen-bond donors (Lipinski definition) is 0. The maximum Gasteiger partial charge on any atom is 3.00 e. The third kappa shape index (κ3) is 31.7. The summed E-state index contributed by atoms with van der Waals surface area (Å²) in [4.78, 5) is 16.3. The molecule has 0 aromatic carbocycles. The molecule has 42 heavy (non-hydrogen) atoms. The van der Waals surface area contributed by atoms with Crippen LogP contribution >= 0.6 is 0 Å². The molecule has 0 saturated carbocycles. The van der Waals surface area contributed by atoms with Gasteiger partial charge in [-0.3, -0.25) is 19.9 Å². The van der Waals surface area contributed by atoms with E-state index in [0.29, 0.717) is 0 Å². The van der Waals surface area contributed by atoms with Gasteiger partial charge in [0.05, 0.1) is 29.2 Å². The molecule has 14 nitrogen and oxygen atoms in total. The zero-order chi connectivity index (χ0) is 32.1. The van der Waals surface area contributed by atoms with Gasteiger partial charge in [0.25, 0.3) is 0 Å². The first kappa shape index (κ1) is 43.6. The Morgan fingerprint density at radius 2 is 0.762 bits per heavy atom. The zero-order valence-electron chi connectivity index (χ0n) is 23.3. The molecule has 0 atom stereocenters. The van der Waals surface area contributed by atoms with E-state index in [9.17, 15) is 0 Å². The van der Waals surface area contributed by atoms with E-state index < -0.39 is 20.5 Å². The first-order valence-electron chi connectivity index (χ1n) is 11.3. The molecule has 0 aliphatic rings.